The molecule has 1 heterocycles. The number of hydrogen-bond acceptors (Lipinski definition) is 4. The SMILES string of the molecule is CC(C)N.[CH2-]C#CC1(OC=O)COC1.[K+]. The molecule has 1 aliphatic rings. The van der Waals surface area contributed by atoms with Crippen LogP contribution in [0.4, 0.5) is 0 Å². The van der Waals surface area contributed by atoms with E-state index in [1.807, 2.05) is 13.8 Å². The second-order valence-corrected chi connectivity index (χ2v) is 3.25. The molecule has 1 rings (SSSR count). The minimum Gasteiger partial charge on any atom is -0.464 e. The molecular weight excluding hydrogens is 221 g/mol. The van der Waals surface area contributed by atoms with Gasteiger partial charge in [0.25, 0.3) is 6.47 Å². The van der Waals surface area contributed by atoms with E-state index in [0.717, 1.165) is 0 Å². The van der Waals surface area contributed by atoms with E-state index < -0.39 is 5.60 Å². The first-order valence-electron chi connectivity index (χ1n) is 4.30. The van der Waals surface area contributed by atoms with Crippen molar-refractivity contribution in [1.82, 2.24) is 0 Å². The Bertz CT molecular complexity index is 226. The molecule has 2 N–H and O–H groups in total. The van der Waals surface area contributed by atoms with Crippen LogP contribution in [0.15, 0.2) is 0 Å². The summed E-state index contributed by atoms with van der Waals surface area (Å²) in [6.45, 7) is 8.30. The van der Waals surface area contributed by atoms with Gasteiger partial charge in [0.05, 0.1) is 13.2 Å². The summed E-state index contributed by atoms with van der Waals surface area (Å²) in [7, 11) is 0. The Balaban J connectivity index is 0. The van der Waals surface area contributed by atoms with Crippen molar-refractivity contribution >= 4 is 6.47 Å². The Kier molecular flexibility index (Phi) is 11.5. The van der Waals surface area contributed by atoms with Crippen molar-refractivity contribution in [2.75, 3.05) is 13.2 Å². The van der Waals surface area contributed by atoms with Gasteiger partial charge < -0.3 is 15.2 Å². The van der Waals surface area contributed by atoms with E-state index in [0.29, 0.717) is 25.7 Å². The van der Waals surface area contributed by atoms with Crippen LogP contribution in [0.1, 0.15) is 13.8 Å². The summed E-state index contributed by atoms with van der Waals surface area (Å²) in [5.41, 5.74) is 4.42. The smallest absolute Gasteiger partial charge is 0.464 e. The fraction of sp³-hybridized carbons (Fsp3) is 0.600. The van der Waals surface area contributed by atoms with Crippen molar-refractivity contribution in [2.24, 2.45) is 5.73 Å². The number of carbonyl (C=O) groups is 1. The fourth-order valence-corrected chi connectivity index (χ4v) is 0.710. The molecule has 15 heavy (non-hydrogen) atoms. The van der Waals surface area contributed by atoms with Crippen molar-refractivity contribution in [2.45, 2.75) is 25.5 Å². The van der Waals surface area contributed by atoms with Crippen LogP contribution in [-0.2, 0) is 14.3 Å². The first-order chi connectivity index (χ1) is 6.56. The van der Waals surface area contributed by atoms with Gasteiger partial charge in [0.15, 0.2) is 0 Å². The number of hydrogen-bond donors (Lipinski definition) is 1. The standard InChI is InChI=1S/C7H7O3.C3H9N.K/c1-2-3-7(10-6-8)4-9-5-7;1-3(2)4;/h6H,1,4-5H2;3H,4H2,1-2H3;/q-1;;+1. The molecule has 5 heteroatoms. The minimum atomic E-state index is -0.691. The van der Waals surface area contributed by atoms with Crippen molar-refractivity contribution in [1.29, 1.82) is 0 Å². The fourth-order valence-electron chi connectivity index (χ4n) is 0.710. The van der Waals surface area contributed by atoms with E-state index in [-0.39, 0.29) is 51.4 Å². The van der Waals surface area contributed by atoms with Gasteiger partial charge in [-0.25, -0.2) is 0 Å². The van der Waals surface area contributed by atoms with Crippen LogP contribution in [0.2, 0.25) is 0 Å². The van der Waals surface area contributed by atoms with Crippen LogP contribution in [0, 0.1) is 18.8 Å². The van der Waals surface area contributed by atoms with Gasteiger partial charge in [0.2, 0.25) is 0 Å². The molecule has 0 aliphatic carbocycles. The predicted molar refractivity (Wildman–Crippen MR) is 53.2 cm³/mol. The van der Waals surface area contributed by atoms with E-state index in [1.165, 1.54) is 0 Å². The Hall–Kier alpha value is 0.456. The molecule has 1 aliphatic heterocycles. The molecule has 0 radical (unpaired) electrons. The van der Waals surface area contributed by atoms with Gasteiger partial charge in [-0.1, -0.05) is 13.8 Å². The molecule has 80 valence electrons. The van der Waals surface area contributed by atoms with Crippen molar-refractivity contribution in [3.05, 3.63) is 6.92 Å². The van der Waals surface area contributed by atoms with Gasteiger partial charge in [-0.15, -0.1) is 0 Å². The summed E-state index contributed by atoms with van der Waals surface area (Å²) in [6, 6.07) is 0.333. The maximum absolute atomic E-state index is 9.92. The number of carbonyl (C=O) groups excluding carboxylic acids is 1. The molecule has 1 saturated heterocycles. The third-order valence-electron chi connectivity index (χ3n) is 1.26. The van der Waals surface area contributed by atoms with Crippen LogP contribution in [0.25, 0.3) is 0 Å². The topological polar surface area (TPSA) is 61.5 Å². The molecule has 0 amide bonds. The number of ether oxygens (including phenoxy) is 2. The van der Waals surface area contributed by atoms with Gasteiger partial charge in [-0.2, -0.15) is 6.92 Å². The van der Waals surface area contributed by atoms with Crippen molar-refractivity contribution < 1.29 is 65.7 Å². The second-order valence-electron chi connectivity index (χ2n) is 3.25. The molecule has 0 bridgehead atoms. The summed E-state index contributed by atoms with van der Waals surface area (Å²) in [5, 5.41) is 0. The molecule has 0 atom stereocenters. The van der Waals surface area contributed by atoms with Crippen LogP contribution < -0.4 is 57.1 Å². The average Bonchev–Trinajstić information content (AvgIpc) is 2.00. The van der Waals surface area contributed by atoms with Gasteiger partial charge in [-0.3, -0.25) is 16.6 Å². The van der Waals surface area contributed by atoms with Gasteiger partial charge in [0.1, 0.15) is 5.60 Å². The molecule has 0 spiro atoms. The zero-order valence-corrected chi connectivity index (χ0v) is 12.7. The Morgan fingerprint density at radius 2 is 2.07 bits per heavy atom. The third kappa shape index (κ3) is 8.28. The summed E-state index contributed by atoms with van der Waals surface area (Å²) in [4.78, 5) is 9.92. The Morgan fingerprint density at radius 3 is 2.27 bits per heavy atom. The summed E-state index contributed by atoms with van der Waals surface area (Å²) < 4.78 is 9.52. The van der Waals surface area contributed by atoms with E-state index in [9.17, 15) is 4.79 Å². The molecule has 0 aromatic carbocycles. The third-order valence-corrected chi connectivity index (χ3v) is 1.26. The first-order valence-corrected chi connectivity index (χ1v) is 4.30. The summed E-state index contributed by atoms with van der Waals surface area (Å²) in [6.07, 6.45) is 0. The van der Waals surface area contributed by atoms with Crippen LogP contribution >= 0.6 is 0 Å². The first kappa shape index (κ1) is 17.8. The largest absolute Gasteiger partial charge is 1.00 e. The van der Waals surface area contributed by atoms with Gasteiger partial charge in [-0.05, 0) is 6.04 Å². The Morgan fingerprint density at radius 1 is 1.60 bits per heavy atom. The van der Waals surface area contributed by atoms with E-state index >= 15 is 0 Å². The van der Waals surface area contributed by atoms with E-state index in [1.54, 1.807) is 0 Å². The molecular formula is C10H16KNO3. The summed E-state index contributed by atoms with van der Waals surface area (Å²) >= 11 is 0. The molecule has 0 aromatic rings. The molecule has 0 saturated carbocycles. The molecule has 0 unspecified atom stereocenters. The van der Waals surface area contributed by atoms with Gasteiger partial charge in [0, 0.05) is 0 Å². The van der Waals surface area contributed by atoms with Crippen molar-refractivity contribution in [3.63, 3.8) is 0 Å². The van der Waals surface area contributed by atoms with Crippen molar-refractivity contribution in [3.8, 4) is 11.8 Å². The summed E-state index contributed by atoms with van der Waals surface area (Å²) in [5.74, 6) is 5.09. The molecule has 0 aromatic heterocycles. The maximum Gasteiger partial charge on any atom is 1.00 e. The molecule has 1 fully saturated rings. The van der Waals surface area contributed by atoms with E-state index in [4.69, 9.17) is 10.5 Å². The van der Waals surface area contributed by atoms with Crippen LogP contribution in [0.5, 0.6) is 0 Å². The monoisotopic (exact) mass is 237 g/mol. The van der Waals surface area contributed by atoms with E-state index in [2.05, 4.69) is 23.5 Å². The maximum atomic E-state index is 9.92. The Labute approximate surface area is 134 Å². The molecule has 4 nitrogen and oxygen atoms in total. The number of nitrogens with two attached hydrogens (primary N) is 1. The second kappa shape index (κ2) is 9.67. The average molecular weight is 237 g/mol. The minimum absolute atomic E-state index is 0. The normalized spacial score (nSPS) is 15.5. The predicted octanol–water partition coefficient (Wildman–Crippen LogP) is -2.88. The van der Waals surface area contributed by atoms with Crippen LogP contribution in [-0.4, -0.2) is 31.3 Å². The van der Waals surface area contributed by atoms with Crippen LogP contribution in [0.3, 0.4) is 0 Å². The zero-order chi connectivity index (χ0) is 11.0. The quantitative estimate of drug-likeness (QED) is 0.243. The van der Waals surface area contributed by atoms with Gasteiger partial charge >= 0.3 is 51.4 Å². The zero-order valence-electron chi connectivity index (χ0n) is 9.58. The number of rotatable bonds is 2.